The number of halogens is 1. The summed E-state index contributed by atoms with van der Waals surface area (Å²) in [5, 5.41) is 2.77. The molecule has 0 bridgehead atoms. The van der Waals surface area contributed by atoms with Crippen LogP contribution >= 0.6 is 23.7 Å². The fraction of sp³-hybridized carbons (Fsp3) is 0.438. The molecule has 3 N–H and O–H groups in total. The predicted molar refractivity (Wildman–Crippen MR) is 100 cm³/mol. The number of benzene rings is 1. The van der Waals surface area contributed by atoms with Crippen LogP contribution in [-0.2, 0) is 10.0 Å². The SMILES string of the molecule is Cc1csc(-c2cccc(S(=O)(=O)NC(C)(CN)C3CC3)c2)n1.Cl. The van der Waals surface area contributed by atoms with Crippen molar-refractivity contribution in [1.29, 1.82) is 0 Å². The molecule has 1 heterocycles. The average molecular weight is 388 g/mol. The first-order valence-corrected chi connectivity index (χ1v) is 9.97. The molecule has 0 saturated heterocycles. The van der Waals surface area contributed by atoms with Gasteiger partial charge in [-0.15, -0.1) is 23.7 Å². The van der Waals surface area contributed by atoms with Gasteiger partial charge in [-0.1, -0.05) is 12.1 Å². The highest BCUT2D eigenvalue weighted by Crippen LogP contribution is 2.39. The summed E-state index contributed by atoms with van der Waals surface area (Å²) < 4.78 is 28.3. The fourth-order valence-corrected chi connectivity index (χ4v) is 4.98. The number of rotatable bonds is 6. The molecule has 1 atom stereocenters. The van der Waals surface area contributed by atoms with Gasteiger partial charge in [0.15, 0.2) is 0 Å². The van der Waals surface area contributed by atoms with Crippen molar-refractivity contribution in [2.24, 2.45) is 11.7 Å². The smallest absolute Gasteiger partial charge is 0.241 e. The van der Waals surface area contributed by atoms with Crippen molar-refractivity contribution in [3.8, 4) is 10.6 Å². The Morgan fingerprint density at radius 1 is 1.42 bits per heavy atom. The molecule has 0 spiro atoms. The van der Waals surface area contributed by atoms with Gasteiger partial charge in [0, 0.05) is 28.7 Å². The number of nitrogens with two attached hydrogens (primary N) is 1. The third kappa shape index (κ3) is 3.97. The first-order valence-electron chi connectivity index (χ1n) is 7.61. The maximum absolute atomic E-state index is 12.7. The van der Waals surface area contributed by atoms with E-state index in [-0.39, 0.29) is 17.3 Å². The second-order valence-electron chi connectivity index (χ2n) is 6.32. The van der Waals surface area contributed by atoms with Gasteiger partial charge in [-0.25, -0.2) is 18.1 Å². The Morgan fingerprint density at radius 3 is 2.67 bits per heavy atom. The summed E-state index contributed by atoms with van der Waals surface area (Å²) in [6, 6.07) is 6.90. The van der Waals surface area contributed by atoms with Crippen LogP contribution < -0.4 is 10.5 Å². The van der Waals surface area contributed by atoms with E-state index in [0.29, 0.717) is 12.5 Å². The monoisotopic (exact) mass is 387 g/mol. The lowest BCUT2D eigenvalue weighted by Crippen LogP contribution is -2.52. The third-order valence-corrected chi connectivity index (χ3v) is 6.90. The third-order valence-electron chi connectivity index (χ3n) is 4.28. The minimum atomic E-state index is -3.61. The molecule has 1 aliphatic carbocycles. The quantitative estimate of drug-likeness (QED) is 0.797. The molecule has 0 radical (unpaired) electrons. The number of nitrogens with zero attached hydrogens (tertiary/aromatic N) is 1. The van der Waals surface area contributed by atoms with Crippen molar-refractivity contribution >= 4 is 33.8 Å². The first kappa shape index (κ1) is 19.3. The summed E-state index contributed by atoms with van der Waals surface area (Å²) in [5.74, 6) is 0.326. The Bertz CT molecular complexity index is 818. The fourth-order valence-electron chi connectivity index (χ4n) is 2.66. The van der Waals surface area contributed by atoms with E-state index in [2.05, 4.69) is 9.71 Å². The molecule has 0 amide bonds. The van der Waals surface area contributed by atoms with Crippen LogP contribution in [0.3, 0.4) is 0 Å². The molecule has 5 nitrogen and oxygen atoms in total. The molecule has 1 saturated carbocycles. The molecule has 0 aliphatic heterocycles. The molecule has 24 heavy (non-hydrogen) atoms. The molecule has 3 rings (SSSR count). The van der Waals surface area contributed by atoms with Gasteiger partial charge in [-0.3, -0.25) is 0 Å². The number of hydrogen-bond acceptors (Lipinski definition) is 5. The van der Waals surface area contributed by atoms with Gasteiger partial charge in [0.05, 0.1) is 4.90 Å². The zero-order valence-electron chi connectivity index (χ0n) is 13.7. The van der Waals surface area contributed by atoms with Crippen molar-refractivity contribution < 1.29 is 8.42 Å². The van der Waals surface area contributed by atoms with E-state index in [9.17, 15) is 8.42 Å². The maximum Gasteiger partial charge on any atom is 0.241 e. The van der Waals surface area contributed by atoms with Crippen LogP contribution in [0.1, 0.15) is 25.5 Å². The molecular weight excluding hydrogens is 366 g/mol. The topological polar surface area (TPSA) is 85.1 Å². The minimum Gasteiger partial charge on any atom is -0.329 e. The van der Waals surface area contributed by atoms with Crippen LogP contribution in [0.15, 0.2) is 34.5 Å². The number of sulfonamides is 1. The standard InChI is InChI=1S/C16H21N3O2S2.ClH/c1-11-9-22-15(18-11)12-4-3-5-14(8-12)23(20,21)19-16(2,10-17)13-6-7-13;/h3-5,8-9,13,19H,6-7,10,17H2,1-2H3;1H. The number of aryl methyl sites for hydroxylation is 1. The lowest BCUT2D eigenvalue weighted by molar-refractivity contribution is 0.374. The molecular formula is C16H22ClN3O2S2. The minimum absolute atomic E-state index is 0. The van der Waals surface area contributed by atoms with E-state index in [0.717, 1.165) is 29.1 Å². The largest absolute Gasteiger partial charge is 0.329 e. The van der Waals surface area contributed by atoms with Crippen LogP contribution in [0.5, 0.6) is 0 Å². The molecule has 1 aromatic heterocycles. The van der Waals surface area contributed by atoms with Crippen molar-refractivity contribution in [1.82, 2.24) is 9.71 Å². The van der Waals surface area contributed by atoms with Crippen LogP contribution in [0, 0.1) is 12.8 Å². The van der Waals surface area contributed by atoms with E-state index in [1.54, 1.807) is 18.2 Å². The van der Waals surface area contributed by atoms with Crippen LogP contribution in [-0.4, -0.2) is 25.5 Å². The van der Waals surface area contributed by atoms with Crippen molar-refractivity contribution in [3.63, 3.8) is 0 Å². The Kier molecular flexibility index (Phi) is 5.71. The van der Waals surface area contributed by atoms with Gasteiger partial charge < -0.3 is 5.73 Å². The zero-order chi connectivity index (χ0) is 16.7. The number of aromatic nitrogens is 1. The number of nitrogens with one attached hydrogen (secondary N) is 1. The van der Waals surface area contributed by atoms with E-state index in [4.69, 9.17) is 5.73 Å². The lowest BCUT2D eigenvalue weighted by Gasteiger charge is -2.29. The van der Waals surface area contributed by atoms with Crippen LogP contribution in [0.25, 0.3) is 10.6 Å². The van der Waals surface area contributed by atoms with Crippen molar-refractivity contribution in [2.45, 2.75) is 37.1 Å². The highest BCUT2D eigenvalue weighted by molar-refractivity contribution is 7.89. The Morgan fingerprint density at radius 2 is 2.12 bits per heavy atom. The molecule has 1 aliphatic rings. The summed E-state index contributed by atoms with van der Waals surface area (Å²) in [5.41, 5.74) is 6.99. The number of thiazole rings is 1. The molecule has 1 unspecified atom stereocenters. The van der Waals surface area contributed by atoms with E-state index >= 15 is 0 Å². The van der Waals surface area contributed by atoms with Gasteiger partial charge in [0.2, 0.25) is 10.0 Å². The second-order valence-corrected chi connectivity index (χ2v) is 8.86. The second kappa shape index (κ2) is 7.09. The summed E-state index contributed by atoms with van der Waals surface area (Å²) in [4.78, 5) is 4.67. The van der Waals surface area contributed by atoms with Gasteiger partial charge in [-0.05, 0) is 44.7 Å². The Hall–Kier alpha value is -0.990. The predicted octanol–water partition coefficient (Wildman–Crippen LogP) is 2.95. The van der Waals surface area contributed by atoms with Gasteiger partial charge in [-0.2, -0.15) is 0 Å². The van der Waals surface area contributed by atoms with E-state index in [1.807, 2.05) is 25.3 Å². The summed E-state index contributed by atoms with van der Waals surface area (Å²) in [6.07, 6.45) is 2.04. The van der Waals surface area contributed by atoms with Gasteiger partial charge in [0.25, 0.3) is 0 Å². The maximum atomic E-state index is 12.7. The Balaban J connectivity index is 0.00000208. The van der Waals surface area contributed by atoms with Crippen LogP contribution in [0.4, 0.5) is 0 Å². The van der Waals surface area contributed by atoms with Gasteiger partial charge >= 0.3 is 0 Å². The molecule has 132 valence electrons. The molecule has 2 aromatic rings. The number of hydrogen-bond donors (Lipinski definition) is 2. The van der Waals surface area contributed by atoms with Crippen molar-refractivity contribution in [2.75, 3.05) is 6.54 Å². The highest BCUT2D eigenvalue weighted by atomic mass is 35.5. The Labute approximate surface area is 153 Å². The van der Waals surface area contributed by atoms with Gasteiger partial charge in [0.1, 0.15) is 5.01 Å². The van der Waals surface area contributed by atoms with Crippen LogP contribution in [0.2, 0.25) is 0 Å². The van der Waals surface area contributed by atoms with E-state index < -0.39 is 15.6 Å². The molecule has 8 heteroatoms. The van der Waals surface area contributed by atoms with Crippen molar-refractivity contribution in [3.05, 3.63) is 35.3 Å². The normalized spacial score (nSPS) is 17.1. The summed E-state index contributed by atoms with van der Waals surface area (Å²) >= 11 is 1.51. The molecule has 1 aromatic carbocycles. The highest BCUT2D eigenvalue weighted by Gasteiger charge is 2.43. The summed E-state index contributed by atoms with van der Waals surface area (Å²) in [6.45, 7) is 4.10. The first-order chi connectivity index (χ1) is 10.8. The lowest BCUT2D eigenvalue weighted by atomic mass is 9.98. The summed E-state index contributed by atoms with van der Waals surface area (Å²) in [7, 11) is -3.61. The average Bonchev–Trinajstić information content (AvgIpc) is 3.30. The molecule has 1 fully saturated rings. The van der Waals surface area contributed by atoms with E-state index in [1.165, 1.54) is 11.3 Å². The zero-order valence-corrected chi connectivity index (χ0v) is 16.1.